The fraction of sp³-hybridized carbons (Fsp3) is 0.263. The first kappa shape index (κ1) is 23.3. The summed E-state index contributed by atoms with van der Waals surface area (Å²) in [5.41, 5.74) is 2.11. The predicted octanol–water partition coefficient (Wildman–Crippen LogP) is 1.63. The number of benzene rings is 1. The smallest absolute Gasteiger partial charge is 0.344 e. The first-order chi connectivity index (χ1) is 15.8. The Hall–Kier alpha value is -3.88. The van der Waals surface area contributed by atoms with Crippen LogP contribution in [0.25, 0.3) is 0 Å². The number of nitrogens with zero attached hydrogens (tertiary/aromatic N) is 4. The average Bonchev–Trinajstić information content (AvgIpc) is 3.32. The summed E-state index contributed by atoms with van der Waals surface area (Å²) in [6, 6.07) is 4.67. The summed E-state index contributed by atoms with van der Waals surface area (Å²) in [5.74, 6) is -0.471. The van der Waals surface area contributed by atoms with Gasteiger partial charge in [-0.1, -0.05) is 12.1 Å². The molecule has 1 aliphatic heterocycles. The molecule has 1 unspecified atom stereocenters. The number of carbonyl (C=O) groups excluding carboxylic acids is 1. The van der Waals surface area contributed by atoms with Gasteiger partial charge in [0.05, 0.1) is 24.4 Å². The fourth-order valence-electron chi connectivity index (χ4n) is 3.24. The molecule has 0 aliphatic carbocycles. The number of hydrogen-bond acceptors (Lipinski definition) is 8. The minimum atomic E-state index is -4.47. The number of anilines is 2. The number of aromatic amines is 1. The van der Waals surface area contributed by atoms with Gasteiger partial charge in [-0.05, 0) is 24.6 Å². The van der Waals surface area contributed by atoms with Gasteiger partial charge in [0, 0.05) is 17.8 Å². The molecule has 11 nitrogen and oxygen atoms in total. The lowest BCUT2D eigenvalue weighted by atomic mass is 10.1. The Morgan fingerprint density at radius 2 is 1.91 bits per heavy atom. The Balaban J connectivity index is 1.49. The lowest BCUT2D eigenvalue weighted by molar-refractivity contribution is -0.137. The van der Waals surface area contributed by atoms with Gasteiger partial charge < -0.3 is 5.32 Å². The third kappa shape index (κ3) is 4.73. The maximum absolute atomic E-state index is 12.7. The van der Waals surface area contributed by atoms with E-state index in [9.17, 15) is 31.2 Å². The van der Waals surface area contributed by atoms with Crippen LogP contribution in [-0.4, -0.2) is 39.7 Å². The molecule has 0 radical (unpaired) electrons. The average molecular weight is 497 g/mol. The molecule has 0 fully saturated rings. The summed E-state index contributed by atoms with van der Waals surface area (Å²) in [5, 5.41) is 7.89. The maximum Gasteiger partial charge on any atom is 0.416 e. The van der Waals surface area contributed by atoms with Crippen molar-refractivity contribution >= 4 is 27.7 Å². The summed E-state index contributed by atoms with van der Waals surface area (Å²) in [7, 11) is -3.57. The Bertz CT molecular complexity index is 1390. The van der Waals surface area contributed by atoms with E-state index < -0.39 is 39.3 Å². The van der Waals surface area contributed by atoms with E-state index in [0.717, 1.165) is 28.5 Å². The molecule has 0 spiro atoms. The zero-order valence-electron chi connectivity index (χ0n) is 17.7. The van der Waals surface area contributed by atoms with Crippen molar-refractivity contribution in [1.29, 1.82) is 0 Å². The highest BCUT2D eigenvalue weighted by atomic mass is 32.2. The van der Waals surface area contributed by atoms with E-state index in [-0.39, 0.29) is 24.0 Å². The molecule has 0 saturated carbocycles. The van der Waals surface area contributed by atoms with Crippen molar-refractivity contribution in [2.24, 2.45) is 0 Å². The van der Waals surface area contributed by atoms with Crippen LogP contribution >= 0.6 is 0 Å². The Kier molecular flexibility index (Phi) is 5.59. The number of hydrazine groups is 1. The highest BCUT2D eigenvalue weighted by Crippen LogP contribution is 2.30. The summed E-state index contributed by atoms with van der Waals surface area (Å²) in [4.78, 5) is 31.4. The van der Waals surface area contributed by atoms with E-state index >= 15 is 0 Å². The van der Waals surface area contributed by atoms with Gasteiger partial charge in [0.1, 0.15) is 5.69 Å². The number of alkyl halides is 3. The van der Waals surface area contributed by atoms with Crippen LogP contribution in [0, 0.1) is 0 Å². The molecule has 1 aromatic carbocycles. The quantitative estimate of drug-likeness (QED) is 0.483. The Labute approximate surface area is 190 Å². The molecule has 0 saturated heterocycles. The predicted molar refractivity (Wildman–Crippen MR) is 114 cm³/mol. The topological polar surface area (TPSA) is 142 Å². The van der Waals surface area contributed by atoms with Gasteiger partial charge in [-0.15, -0.1) is 5.10 Å². The van der Waals surface area contributed by atoms with E-state index in [0.29, 0.717) is 11.1 Å². The molecule has 2 aromatic heterocycles. The van der Waals surface area contributed by atoms with Gasteiger partial charge in [0.25, 0.3) is 21.5 Å². The third-order valence-corrected chi connectivity index (χ3v) is 5.85. The minimum absolute atomic E-state index is 0.0104. The van der Waals surface area contributed by atoms with Crippen molar-refractivity contribution in [3.05, 3.63) is 69.3 Å². The van der Waals surface area contributed by atoms with Crippen molar-refractivity contribution in [2.75, 3.05) is 16.7 Å². The van der Waals surface area contributed by atoms with Crippen molar-refractivity contribution in [3.8, 4) is 0 Å². The number of hydrogen-bond donors (Lipinski definition) is 3. The largest absolute Gasteiger partial charge is 0.416 e. The van der Waals surface area contributed by atoms with Crippen LogP contribution in [0.5, 0.6) is 0 Å². The summed E-state index contributed by atoms with van der Waals surface area (Å²) >= 11 is 0. The first-order valence-corrected chi connectivity index (χ1v) is 11.6. The number of rotatable bonds is 5. The van der Waals surface area contributed by atoms with Crippen LogP contribution in [0.15, 0.2) is 41.3 Å². The van der Waals surface area contributed by atoms with E-state index in [4.69, 9.17) is 0 Å². The molecule has 3 aromatic rings. The zero-order valence-corrected chi connectivity index (χ0v) is 18.5. The number of H-pyrrole nitrogens is 1. The molecule has 3 N–H and O–H groups in total. The number of halogens is 3. The van der Waals surface area contributed by atoms with Gasteiger partial charge in [-0.3, -0.25) is 20.0 Å². The lowest BCUT2D eigenvalue weighted by Crippen LogP contribution is -2.32. The normalized spacial score (nSPS) is 14.4. The molecular formula is C19H18F3N7O4S. The number of aromatic nitrogens is 4. The van der Waals surface area contributed by atoms with E-state index in [1.54, 1.807) is 6.92 Å². The zero-order chi connectivity index (χ0) is 24.8. The van der Waals surface area contributed by atoms with Gasteiger partial charge in [-0.25, -0.2) is 18.4 Å². The second kappa shape index (κ2) is 8.16. The number of nitrogens with one attached hydrogen (secondary N) is 3. The fourth-order valence-corrected chi connectivity index (χ4v) is 3.78. The second-order valence-electron chi connectivity index (χ2n) is 7.61. The van der Waals surface area contributed by atoms with Crippen molar-refractivity contribution in [1.82, 2.24) is 24.5 Å². The summed E-state index contributed by atoms with van der Waals surface area (Å²) in [6.07, 6.45) is -2.15. The highest BCUT2D eigenvalue weighted by Gasteiger charge is 2.30. The van der Waals surface area contributed by atoms with Crippen LogP contribution in [-0.2, 0) is 22.7 Å². The molecule has 1 atom stereocenters. The Morgan fingerprint density at radius 1 is 1.24 bits per heavy atom. The molecule has 34 heavy (non-hydrogen) atoms. The standard InChI is InChI=1S/C19H18F3N7O4S/c1-10(11-3-5-13(6-4-11)19(20,21)22)23-17(31)14-7-15(30)25-18(24-14)28-8-12-9-29(34(2,32)33)27-16(12)26-28/h3-7,9-10H,8H2,1-2H3,(H,23,31)(H,26,27)(H,24,25,30). The molecule has 15 heteroatoms. The second-order valence-corrected chi connectivity index (χ2v) is 9.45. The van der Waals surface area contributed by atoms with Crippen molar-refractivity contribution in [3.63, 3.8) is 0 Å². The molecular weight excluding hydrogens is 479 g/mol. The number of amides is 1. The number of fused-ring (bicyclic) bond motifs is 1. The van der Waals surface area contributed by atoms with Crippen LogP contribution in [0.1, 0.15) is 40.1 Å². The molecule has 1 amide bonds. The van der Waals surface area contributed by atoms with Crippen molar-refractivity contribution in [2.45, 2.75) is 25.7 Å². The monoisotopic (exact) mass is 497 g/mol. The Morgan fingerprint density at radius 3 is 2.50 bits per heavy atom. The van der Waals surface area contributed by atoms with E-state index in [1.165, 1.54) is 23.3 Å². The van der Waals surface area contributed by atoms with Crippen LogP contribution in [0.2, 0.25) is 0 Å². The van der Waals surface area contributed by atoms with Gasteiger partial charge in [0.15, 0.2) is 5.82 Å². The summed E-state index contributed by atoms with van der Waals surface area (Å²) in [6.45, 7) is 1.69. The summed E-state index contributed by atoms with van der Waals surface area (Å²) < 4.78 is 62.3. The maximum atomic E-state index is 12.7. The molecule has 4 rings (SSSR count). The molecule has 1 aliphatic rings. The minimum Gasteiger partial charge on any atom is -0.344 e. The number of carbonyl (C=O) groups is 1. The van der Waals surface area contributed by atoms with Crippen molar-refractivity contribution < 1.29 is 26.4 Å². The molecule has 3 heterocycles. The van der Waals surface area contributed by atoms with Gasteiger partial charge in [-0.2, -0.15) is 17.3 Å². The SMILES string of the molecule is CC(NC(=O)c1cc(=O)[nH]c(N2Cc3cn(S(C)(=O)=O)nc3N2)n1)c1ccc(C(F)(F)F)cc1. The van der Waals surface area contributed by atoms with Crippen LogP contribution in [0.4, 0.5) is 24.9 Å². The molecule has 0 bridgehead atoms. The third-order valence-electron chi connectivity index (χ3n) is 4.98. The van der Waals surface area contributed by atoms with Crippen LogP contribution < -0.4 is 21.3 Å². The molecule has 180 valence electrons. The van der Waals surface area contributed by atoms with Gasteiger partial charge >= 0.3 is 6.18 Å². The first-order valence-electron chi connectivity index (χ1n) is 9.74. The van der Waals surface area contributed by atoms with Gasteiger partial charge in [0.2, 0.25) is 5.95 Å². The van der Waals surface area contributed by atoms with E-state index in [1.807, 2.05) is 0 Å². The highest BCUT2D eigenvalue weighted by molar-refractivity contribution is 7.89. The lowest BCUT2D eigenvalue weighted by Gasteiger charge is -2.18. The van der Waals surface area contributed by atoms with E-state index in [2.05, 4.69) is 25.8 Å². The van der Waals surface area contributed by atoms with Crippen LogP contribution in [0.3, 0.4) is 0 Å².